The van der Waals surface area contributed by atoms with Crippen LogP contribution in [0.4, 0.5) is 0 Å². The second-order valence-corrected chi connectivity index (χ2v) is 5.59. The number of benzene rings is 2. The molecule has 0 atom stereocenters. The van der Waals surface area contributed by atoms with Crippen molar-refractivity contribution in [2.24, 2.45) is 0 Å². The maximum Gasteiger partial charge on any atom is 0.337 e. The molecule has 5 heteroatoms. The van der Waals surface area contributed by atoms with Gasteiger partial charge in [-0.2, -0.15) is 0 Å². The van der Waals surface area contributed by atoms with E-state index in [4.69, 9.17) is 9.47 Å². The number of ether oxygens (including phenoxy) is 2. The standard InChI is InChI=1S/C20H17NO4/c1-12-17-9-8-15(20(23)25-3)10-16(17)11-18(21-12)13-4-6-14(7-5-13)19(22)24-2/h4-11H,1-3H3. The van der Waals surface area contributed by atoms with Crippen molar-refractivity contribution in [2.75, 3.05) is 14.2 Å². The summed E-state index contributed by atoms with van der Waals surface area (Å²) in [7, 11) is 2.71. The molecule has 3 rings (SSSR count). The lowest BCUT2D eigenvalue weighted by Gasteiger charge is -2.09. The van der Waals surface area contributed by atoms with Crippen molar-refractivity contribution in [3.8, 4) is 11.3 Å². The van der Waals surface area contributed by atoms with E-state index in [1.54, 1.807) is 24.3 Å². The predicted octanol–water partition coefficient (Wildman–Crippen LogP) is 3.78. The predicted molar refractivity (Wildman–Crippen MR) is 94.6 cm³/mol. The molecule has 0 N–H and O–H groups in total. The fourth-order valence-electron chi connectivity index (χ4n) is 2.72. The quantitative estimate of drug-likeness (QED) is 0.682. The summed E-state index contributed by atoms with van der Waals surface area (Å²) >= 11 is 0. The lowest BCUT2D eigenvalue weighted by atomic mass is 10.0. The molecule has 0 amide bonds. The van der Waals surface area contributed by atoms with Crippen LogP contribution in [0.15, 0.2) is 48.5 Å². The van der Waals surface area contributed by atoms with Crippen molar-refractivity contribution in [3.63, 3.8) is 0 Å². The zero-order valence-corrected chi connectivity index (χ0v) is 14.2. The highest BCUT2D eigenvalue weighted by Gasteiger charge is 2.11. The van der Waals surface area contributed by atoms with Gasteiger partial charge in [0, 0.05) is 16.6 Å². The maximum absolute atomic E-state index is 11.7. The van der Waals surface area contributed by atoms with Crippen molar-refractivity contribution >= 4 is 22.7 Å². The molecular formula is C20H17NO4. The molecule has 0 unspecified atom stereocenters. The van der Waals surface area contributed by atoms with Crippen molar-refractivity contribution < 1.29 is 19.1 Å². The van der Waals surface area contributed by atoms with Gasteiger partial charge in [0.05, 0.1) is 31.0 Å². The molecule has 5 nitrogen and oxygen atoms in total. The first-order chi connectivity index (χ1) is 12.0. The number of aryl methyl sites for hydroxylation is 1. The zero-order valence-electron chi connectivity index (χ0n) is 14.2. The molecule has 0 saturated heterocycles. The van der Waals surface area contributed by atoms with Crippen LogP contribution in [-0.4, -0.2) is 31.1 Å². The van der Waals surface area contributed by atoms with Crippen molar-refractivity contribution in [1.82, 2.24) is 4.98 Å². The largest absolute Gasteiger partial charge is 0.465 e. The van der Waals surface area contributed by atoms with E-state index >= 15 is 0 Å². The summed E-state index contributed by atoms with van der Waals surface area (Å²) in [6.07, 6.45) is 0. The van der Waals surface area contributed by atoms with Crippen LogP contribution in [-0.2, 0) is 9.47 Å². The molecule has 0 fully saturated rings. The van der Waals surface area contributed by atoms with Gasteiger partial charge in [-0.05, 0) is 42.6 Å². The Morgan fingerprint density at radius 3 is 2.08 bits per heavy atom. The number of rotatable bonds is 3. The average molecular weight is 335 g/mol. The Kier molecular flexibility index (Phi) is 4.48. The Morgan fingerprint density at radius 1 is 0.840 bits per heavy atom. The first kappa shape index (κ1) is 16.6. The van der Waals surface area contributed by atoms with E-state index in [-0.39, 0.29) is 11.9 Å². The highest BCUT2D eigenvalue weighted by atomic mass is 16.5. The number of fused-ring (bicyclic) bond motifs is 1. The van der Waals surface area contributed by atoms with Gasteiger partial charge in [0.1, 0.15) is 0 Å². The lowest BCUT2D eigenvalue weighted by molar-refractivity contribution is 0.0592. The molecule has 3 aromatic rings. The van der Waals surface area contributed by atoms with E-state index in [2.05, 4.69) is 4.98 Å². The van der Waals surface area contributed by atoms with Crippen molar-refractivity contribution in [1.29, 1.82) is 0 Å². The first-order valence-corrected chi connectivity index (χ1v) is 7.72. The Hall–Kier alpha value is -3.21. The number of pyridine rings is 1. The van der Waals surface area contributed by atoms with E-state index in [1.165, 1.54) is 14.2 Å². The van der Waals surface area contributed by atoms with Crippen molar-refractivity contribution in [3.05, 3.63) is 65.4 Å². The SMILES string of the molecule is COC(=O)c1ccc(-c2cc3cc(C(=O)OC)ccc3c(C)n2)cc1. The van der Waals surface area contributed by atoms with Gasteiger partial charge in [0.15, 0.2) is 0 Å². The molecule has 126 valence electrons. The molecule has 25 heavy (non-hydrogen) atoms. The van der Waals surface area contributed by atoms with Crippen LogP contribution < -0.4 is 0 Å². The summed E-state index contributed by atoms with van der Waals surface area (Å²) in [6.45, 7) is 1.92. The molecule has 0 aliphatic heterocycles. The van der Waals surface area contributed by atoms with E-state index < -0.39 is 0 Å². The molecular weight excluding hydrogens is 318 g/mol. The van der Waals surface area contributed by atoms with Crippen LogP contribution in [0.2, 0.25) is 0 Å². The van der Waals surface area contributed by atoms with Crippen LogP contribution in [0.25, 0.3) is 22.0 Å². The van der Waals surface area contributed by atoms with Gasteiger partial charge in [0.2, 0.25) is 0 Å². The van der Waals surface area contributed by atoms with Gasteiger partial charge in [0.25, 0.3) is 0 Å². The molecule has 1 aromatic heterocycles. The third kappa shape index (κ3) is 3.21. The highest BCUT2D eigenvalue weighted by molar-refractivity contribution is 5.97. The van der Waals surface area contributed by atoms with Crippen LogP contribution in [0.5, 0.6) is 0 Å². The molecule has 0 aliphatic carbocycles. The second-order valence-electron chi connectivity index (χ2n) is 5.59. The highest BCUT2D eigenvalue weighted by Crippen LogP contribution is 2.26. The van der Waals surface area contributed by atoms with Gasteiger partial charge in [-0.25, -0.2) is 9.59 Å². The minimum absolute atomic E-state index is 0.375. The molecule has 0 spiro atoms. The van der Waals surface area contributed by atoms with Gasteiger partial charge >= 0.3 is 11.9 Å². The van der Waals surface area contributed by atoms with Crippen LogP contribution in [0, 0.1) is 6.92 Å². The molecule has 2 aromatic carbocycles. The number of carbonyl (C=O) groups is 2. The summed E-state index contributed by atoms with van der Waals surface area (Å²) in [6, 6.07) is 14.4. The zero-order chi connectivity index (χ0) is 18.0. The average Bonchev–Trinajstić information content (AvgIpc) is 2.66. The number of hydrogen-bond donors (Lipinski definition) is 0. The van der Waals surface area contributed by atoms with Crippen LogP contribution >= 0.6 is 0 Å². The number of hydrogen-bond acceptors (Lipinski definition) is 5. The minimum atomic E-state index is -0.378. The van der Waals surface area contributed by atoms with Gasteiger partial charge in [-0.1, -0.05) is 18.2 Å². The van der Waals surface area contributed by atoms with E-state index in [0.717, 1.165) is 27.7 Å². The summed E-state index contributed by atoms with van der Waals surface area (Å²) in [5, 5.41) is 1.88. The Balaban J connectivity index is 2.07. The minimum Gasteiger partial charge on any atom is -0.465 e. The Morgan fingerprint density at radius 2 is 1.44 bits per heavy atom. The fourth-order valence-corrected chi connectivity index (χ4v) is 2.72. The summed E-state index contributed by atoms with van der Waals surface area (Å²) in [4.78, 5) is 27.9. The molecule has 0 saturated carbocycles. The normalized spacial score (nSPS) is 10.5. The third-order valence-electron chi connectivity index (χ3n) is 4.04. The molecule has 0 aliphatic rings. The van der Waals surface area contributed by atoms with Crippen LogP contribution in [0.1, 0.15) is 26.4 Å². The van der Waals surface area contributed by atoms with E-state index in [0.29, 0.717) is 11.1 Å². The molecule has 1 heterocycles. The summed E-state index contributed by atoms with van der Waals surface area (Å²) in [5.41, 5.74) is 3.48. The topological polar surface area (TPSA) is 65.5 Å². The van der Waals surface area contributed by atoms with Crippen molar-refractivity contribution in [2.45, 2.75) is 6.92 Å². The lowest BCUT2D eigenvalue weighted by Crippen LogP contribution is -2.01. The maximum atomic E-state index is 11.7. The molecule has 0 bridgehead atoms. The monoisotopic (exact) mass is 335 g/mol. The van der Waals surface area contributed by atoms with Gasteiger partial charge < -0.3 is 9.47 Å². The van der Waals surface area contributed by atoms with E-state index in [1.807, 2.05) is 31.2 Å². The van der Waals surface area contributed by atoms with Gasteiger partial charge in [-0.3, -0.25) is 4.98 Å². The fraction of sp³-hybridized carbons (Fsp3) is 0.150. The van der Waals surface area contributed by atoms with Gasteiger partial charge in [-0.15, -0.1) is 0 Å². The second kappa shape index (κ2) is 6.73. The number of methoxy groups -OCH3 is 2. The summed E-state index contributed by atoms with van der Waals surface area (Å²) in [5.74, 6) is -0.753. The number of aromatic nitrogens is 1. The Bertz CT molecular complexity index is 961. The summed E-state index contributed by atoms with van der Waals surface area (Å²) < 4.78 is 9.48. The molecule has 0 radical (unpaired) electrons. The first-order valence-electron chi connectivity index (χ1n) is 7.72. The number of carbonyl (C=O) groups excluding carboxylic acids is 2. The third-order valence-corrected chi connectivity index (χ3v) is 4.04. The Labute approximate surface area is 145 Å². The van der Waals surface area contributed by atoms with Crippen LogP contribution in [0.3, 0.4) is 0 Å². The smallest absolute Gasteiger partial charge is 0.337 e. The number of esters is 2. The number of nitrogens with zero attached hydrogens (tertiary/aromatic N) is 1. The van der Waals surface area contributed by atoms with E-state index in [9.17, 15) is 9.59 Å².